The number of benzene rings is 2. The second kappa shape index (κ2) is 8.59. The zero-order chi connectivity index (χ0) is 19.3. The molecule has 5 nitrogen and oxygen atoms in total. The number of aliphatic imine (C=N–C) groups is 1. The molecular weight excluding hydrogens is 358 g/mol. The monoisotopic (exact) mass is 383 g/mol. The fraction of sp³-hybridized carbons (Fsp3) is 0.333. The lowest BCUT2D eigenvalue weighted by molar-refractivity contribution is 0.0708. The van der Waals surface area contributed by atoms with Crippen molar-refractivity contribution in [1.82, 2.24) is 4.90 Å². The van der Waals surface area contributed by atoms with Crippen molar-refractivity contribution in [3.8, 4) is 0 Å². The average Bonchev–Trinajstić information content (AvgIpc) is 2.68. The summed E-state index contributed by atoms with van der Waals surface area (Å²) in [6.07, 6.45) is 0.913. The van der Waals surface area contributed by atoms with Crippen LogP contribution in [0.2, 0.25) is 0 Å². The number of amidine groups is 1. The predicted octanol–water partition coefficient (Wildman–Crippen LogP) is 2.99. The SMILES string of the molecule is C[C@@]1(c2ccc(C(=O)N(CCO)Cc3ccccc3)cc2)CCSC(N)=N1. The maximum atomic E-state index is 12.9. The lowest BCUT2D eigenvalue weighted by atomic mass is 9.89. The van der Waals surface area contributed by atoms with E-state index in [-0.39, 0.29) is 18.1 Å². The van der Waals surface area contributed by atoms with E-state index in [2.05, 4.69) is 11.9 Å². The molecule has 142 valence electrons. The molecule has 0 fully saturated rings. The van der Waals surface area contributed by atoms with Crippen molar-refractivity contribution in [3.05, 3.63) is 71.3 Å². The Morgan fingerprint density at radius 2 is 1.93 bits per heavy atom. The van der Waals surface area contributed by atoms with Crippen LogP contribution in [0.5, 0.6) is 0 Å². The van der Waals surface area contributed by atoms with Gasteiger partial charge in [0, 0.05) is 24.4 Å². The zero-order valence-corrected chi connectivity index (χ0v) is 16.3. The first kappa shape index (κ1) is 19.5. The summed E-state index contributed by atoms with van der Waals surface area (Å²) in [5, 5.41) is 9.97. The summed E-state index contributed by atoms with van der Waals surface area (Å²) in [7, 11) is 0. The van der Waals surface area contributed by atoms with Crippen LogP contribution in [0.3, 0.4) is 0 Å². The van der Waals surface area contributed by atoms with Gasteiger partial charge in [-0.2, -0.15) is 0 Å². The second-order valence-electron chi connectivity index (χ2n) is 6.84. The van der Waals surface area contributed by atoms with E-state index in [1.165, 1.54) is 0 Å². The molecule has 0 spiro atoms. The summed E-state index contributed by atoms with van der Waals surface area (Å²) in [6.45, 7) is 2.77. The van der Waals surface area contributed by atoms with E-state index in [4.69, 9.17) is 5.73 Å². The molecule has 1 amide bonds. The minimum atomic E-state index is -0.342. The highest BCUT2D eigenvalue weighted by atomic mass is 32.2. The minimum absolute atomic E-state index is 0.0691. The van der Waals surface area contributed by atoms with E-state index in [1.54, 1.807) is 16.7 Å². The molecule has 0 unspecified atom stereocenters. The summed E-state index contributed by atoms with van der Waals surface area (Å²) < 4.78 is 0. The van der Waals surface area contributed by atoms with Gasteiger partial charge in [-0.15, -0.1) is 0 Å². The number of hydrogen-bond acceptors (Lipinski definition) is 5. The molecule has 1 aliphatic heterocycles. The van der Waals surface area contributed by atoms with Crippen molar-refractivity contribution in [1.29, 1.82) is 0 Å². The Balaban J connectivity index is 1.78. The number of carbonyl (C=O) groups is 1. The normalized spacial score (nSPS) is 19.4. The first-order chi connectivity index (χ1) is 13.0. The summed E-state index contributed by atoms with van der Waals surface area (Å²) in [4.78, 5) is 19.2. The third-order valence-electron chi connectivity index (χ3n) is 4.82. The number of nitrogens with zero attached hydrogens (tertiary/aromatic N) is 2. The number of aliphatic hydroxyl groups excluding tert-OH is 1. The molecule has 2 aromatic rings. The third kappa shape index (κ3) is 4.70. The number of rotatable bonds is 6. The van der Waals surface area contributed by atoms with Crippen molar-refractivity contribution in [3.63, 3.8) is 0 Å². The van der Waals surface area contributed by atoms with Crippen molar-refractivity contribution in [2.75, 3.05) is 18.9 Å². The molecule has 1 heterocycles. The molecule has 0 aliphatic carbocycles. The summed E-state index contributed by atoms with van der Waals surface area (Å²) in [5.41, 5.74) is 8.25. The van der Waals surface area contributed by atoms with E-state index in [1.807, 2.05) is 54.6 Å². The van der Waals surface area contributed by atoms with Gasteiger partial charge in [0.2, 0.25) is 0 Å². The Labute approximate surface area is 164 Å². The third-order valence-corrected chi connectivity index (χ3v) is 5.62. The first-order valence-corrected chi connectivity index (χ1v) is 10.0. The van der Waals surface area contributed by atoms with E-state index in [0.717, 1.165) is 23.3 Å². The van der Waals surface area contributed by atoms with Gasteiger partial charge >= 0.3 is 0 Å². The maximum absolute atomic E-state index is 12.9. The maximum Gasteiger partial charge on any atom is 0.254 e. The quantitative estimate of drug-likeness (QED) is 0.804. The lowest BCUT2D eigenvalue weighted by Crippen LogP contribution is -2.33. The summed E-state index contributed by atoms with van der Waals surface area (Å²) in [5.74, 6) is 0.847. The molecule has 3 N–H and O–H groups in total. The Hall–Kier alpha value is -2.31. The molecule has 1 aliphatic rings. The molecule has 0 saturated carbocycles. The van der Waals surface area contributed by atoms with Crippen LogP contribution in [0.4, 0.5) is 0 Å². The van der Waals surface area contributed by atoms with Gasteiger partial charge in [0.15, 0.2) is 5.17 Å². The molecule has 1 atom stereocenters. The van der Waals surface area contributed by atoms with Crippen molar-refractivity contribution >= 4 is 22.8 Å². The molecule has 3 rings (SSSR count). The molecule has 27 heavy (non-hydrogen) atoms. The fourth-order valence-corrected chi connectivity index (χ4v) is 4.20. The van der Waals surface area contributed by atoms with Crippen LogP contribution in [0.25, 0.3) is 0 Å². The molecule has 0 aromatic heterocycles. The van der Waals surface area contributed by atoms with Crippen LogP contribution in [0, 0.1) is 0 Å². The topological polar surface area (TPSA) is 78.9 Å². The van der Waals surface area contributed by atoms with Gasteiger partial charge in [0.25, 0.3) is 5.91 Å². The predicted molar refractivity (Wildman–Crippen MR) is 111 cm³/mol. The number of hydrogen-bond donors (Lipinski definition) is 2. The van der Waals surface area contributed by atoms with E-state index >= 15 is 0 Å². The van der Waals surface area contributed by atoms with Crippen LogP contribution in [-0.2, 0) is 12.1 Å². The van der Waals surface area contributed by atoms with Crippen LogP contribution < -0.4 is 5.73 Å². The van der Waals surface area contributed by atoms with Gasteiger partial charge < -0.3 is 15.7 Å². The zero-order valence-electron chi connectivity index (χ0n) is 15.5. The highest BCUT2D eigenvalue weighted by Crippen LogP contribution is 2.35. The van der Waals surface area contributed by atoms with Gasteiger partial charge in [-0.25, -0.2) is 0 Å². The van der Waals surface area contributed by atoms with Gasteiger partial charge in [-0.05, 0) is 36.6 Å². The van der Waals surface area contributed by atoms with E-state index < -0.39 is 0 Å². The van der Waals surface area contributed by atoms with Gasteiger partial charge in [0.1, 0.15) is 0 Å². The smallest absolute Gasteiger partial charge is 0.254 e. The summed E-state index contributed by atoms with van der Waals surface area (Å²) >= 11 is 1.58. The number of amides is 1. The Morgan fingerprint density at radius 3 is 2.56 bits per heavy atom. The molecule has 0 saturated heterocycles. The van der Waals surface area contributed by atoms with Crippen LogP contribution >= 0.6 is 11.8 Å². The van der Waals surface area contributed by atoms with E-state index in [0.29, 0.717) is 23.8 Å². The number of aliphatic hydroxyl groups is 1. The molecular formula is C21H25N3O2S. The number of nitrogens with two attached hydrogens (primary N) is 1. The Morgan fingerprint density at radius 1 is 1.22 bits per heavy atom. The Kier molecular flexibility index (Phi) is 6.19. The minimum Gasteiger partial charge on any atom is -0.395 e. The average molecular weight is 384 g/mol. The standard InChI is InChI=1S/C21H25N3O2S/c1-21(11-14-27-20(22)23-21)18-9-7-17(8-10-18)19(26)24(12-13-25)15-16-5-3-2-4-6-16/h2-10,25H,11-15H2,1H3,(H2,22,23)/t21-/m0/s1. The first-order valence-electron chi connectivity index (χ1n) is 9.04. The van der Waals surface area contributed by atoms with Gasteiger partial charge in [-0.3, -0.25) is 9.79 Å². The van der Waals surface area contributed by atoms with Crippen molar-refractivity contribution < 1.29 is 9.90 Å². The van der Waals surface area contributed by atoms with Crippen LogP contribution in [0.1, 0.15) is 34.8 Å². The number of carbonyl (C=O) groups excluding carboxylic acids is 1. The largest absolute Gasteiger partial charge is 0.395 e. The Bertz CT molecular complexity index is 808. The van der Waals surface area contributed by atoms with Gasteiger partial charge in [0.05, 0.1) is 12.1 Å². The molecule has 0 bridgehead atoms. The van der Waals surface area contributed by atoms with Crippen LogP contribution in [-0.4, -0.2) is 40.0 Å². The fourth-order valence-electron chi connectivity index (χ4n) is 3.23. The van der Waals surface area contributed by atoms with Crippen molar-refractivity contribution in [2.24, 2.45) is 10.7 Å². The lowest BCUT2D eigenvalue weighted by Gasteiger charge is -2.30. The summed E-state index contributed by atoms with van der Waals surface area (Å²) in [6, 6.07) is 17.4. The highest BCUT2D eigenvalue weighted by Gasteiger charge is 2.29. The van der Waals surface area contributed by atoms with Gasteiger partial charge in [-0.1, -0.05) is 54.2 Å². The molecule has 2 aromatic carbocycles. The molecule has 6 heteroatoms. The second-order valence-corrected chi connectivity index (χ2v) is 7.95. The van der Waals surface area contributed by atoms with Crippen LogP contribution in [0.15, 0.2) is 59.6 Å². The van der Waals surface area contributed by atoms with Crippen molar-refractivity contribution in [2.45, 2.75) is 25.4 Å². The highest BCUT2D eigenvalue weighted by molar-refractivity contribution is 8.13. The number of thioether (sulfide) groups is 1. The molecule has 0 radical (unpaired) electrons. The van der Waals surface area contributed by atoms with E-state index in [9.17, 15) is 9.90 Å².